The fourth-order valence-corrected chi connectivity index (χ4v) is 4.49. The number of anilines is 1. The Labute approximate surface area is 186 Å². The second-order valence-corrected chi connectivity index (χ2v) is 8.13. The van der Waals surface area contributed by atoms with Crippen LogP contribution >= 0.6 is 0 Å². The summed E-state index contributed by atoms with van der Waals surface area (Å²) in [5.41, 5.74) is 1.34. The Morgan fingerprint density at radius 1 is 1.19 bits per heavy atom. The van der Waals surface area contributed by atoms with Gasteiger partial charge in [0.25, 0.3) is 0 Å². The highest BCUT2D eigenvalue weighted by Gasteiger charge is 2.32. The lowest BCUT2D eigenvalue weighted by Gasteiger charge is -2.39. The number of cyclic esters (lactones) is 1. The molecule has 1 amide bonds. The number of hydrogen-bond acceptors (Lipinski definition) is 6. The number of piperidine rings is 1. The maximum Gasteiger partial charge on any atom is 0.414 e. The molecule has 2 atom stereocenters. The van der Waals surface area contributed by atoms with E-state index in [9.17, 15) is 14.0 Å². The molecule has 170 valence electrons. The lowest BCUT2D eigenvalue weighted by Crippen LogP contribution is -2.38. The van der Waals surface area contributed by atoms with Gasteiger partial charge in [0.05, 0.1) is 25.8 Å². The van der Waals surface area contributed by atoms with Crippen LogP contribution in [0.25, 0.3) is 0 Å². The molecule has 0 aromatic heterocycles. The van der Waals surface area contributed by atoms with Gasteiger partial charge in [-0.2, -0.15) is 0 Å². The van der Waals surface area contributed by atoms with Crippen LogP contribution in [-0.4, -0.2) is 57.4 Å². The fourth-order valence-electron chi connectivity index (χ4n) is 4.49. The number of carbonyl (C=O) groups excluding carboxylic acids is 2. The van der Waals surface area contributed by atoms with E-state index in [2.05, 4.69) is 11.9 Å². The molecule has 7 nitrogen and oxygen atoms in total. The third-order valence-electron chi connectivity index (χ3n) is 6.14. The van der Waals surface area contributed by atoms with E-state index in [1.54, 1.807) is 7.11 Å². The first-order valence-corrected chi connectivity index (χ1v) is 10.7. The Morgan fingerprint density at radius 2 is 1.97 bits per heavy atom. The smallest absolute Gasteiger partial charge is 0.414 e. The molecule has 2 fully saturated rings. The molecule has 2 heterocycles. The van der Waals surface area contributed by atoms with E-state index in [0.717, 1.165) is 30.7 Å². The minimum atomic E-state index is -0.737. The van der Waals surface area contributed by atoms with Crippen LogP contribution in [0, 0.1) is 11.7 Å². The predicted octanol–water partition coefficient (Wildman–Crippen LogP) is 4.03. The highest BCUT2D eigenvalue weighted by Crippen LogP contribution is 2.36. The van der Waals surface area contributed by atoms with Gasteiger partial charge in [-0.3, -0.25) is 9.80 Å². The predicted molar refractivity (Wildman–Crippen MR) is 116 cm³/mol. The first-order valence-electron chi connectivity index (χ1n) is 10.7. The summed E-state index contributed by atoms with van der Waals surface area (Å²) in [7, 11) is 3.69. The van der Waals surface area contributed by atoms with E-state index in [4.69, 9.17) is 14.2 Å². The monoisotopic (exact) mass is 442 g/mol. The summed E-state index contributed by atoms with van der Waals surface area (Å²) in [5.74, 6) is -0.560. The van der Waals surface area contributed by atoms with E-state index < -0.39 is 17.9 Å². The number of ether oxygens (including phenoxy) is 3. The highest BCUT2D eigenvalue weighted by molar-refractivity contribution is 5.94. The first-order chi connectivity index (χ1) is 15.5. The quantitative estimate of drug-likeness (QED) is 0.630. The van der Waals surface area contributed by atoms with E-state index in [-0.39, 0.29) is 30.7 Å². The average molecular weight is 442 g/mol. The van der Waals surface area contributed by atoms with Gasteiger partial charge in [-0.1, -0.05) is 12.1 Å². The summed E-state index contributed by atoms with van der Waals surface area (Å²) in [4.78, 5) is 28.2. The molecule has 2 saturated heterocycles. The molecular weight excluding hydrogens is 415 g/mol. The molecule has 0 bridgehead atoms. The molecule has 0 unspecified atom stereocenters. The van der Waals surface area contributed by atoms with Gasteiger partial charge in [-0.25, -0.2) is 14.0 Å². The minimum absolute atomic E-state index is 0.0749. The summed E-state index contributed by atoms with van der Waals surface area (Å²) in [6.07, 6.45) is 1.38. The van der Waals surface area contributed by atoms with Crippen molar-refractivity contribution in [2.45, 2.75) is 18.9 Å². The van der Waals surface area contributed by atoms with Gasteiger partial charge in [0.15, 0.2) is 0 Å². The number of likely N-dealkylation sites (tertiary alicyclic amines) is 1. The van der Waals surface area contributed by atoms with Crippen molar-refractivity contribution in [2.24, 2.45) is 5.92 Å². The van der Waals surface area contributed by atoms with Crippen molar-refractivity contribution in [1.82, 2.24) is 4.90 Å². The van der Waals surface area contributed by atoms with Gasteiger partial charge < -0.3 is 14.2 Å². The van der Waals surface area contributed by atoms with Crippen LogP contribution in [0.15, 0.2) is 42.5 Å². The standard InChI is InChI=1S/C24H27FN2O5/c1-26-11-3-4-17(22(26)16-5-8-19(30-2)9-6-16)15-32-23(28)20-14-18(7-10-21(20)25)27-12-13-31-24(27)29/h5-10,14,17,22H,3-4,11-13,15H2,1-2H3/t17-,22+/m1/s1. The summed E-state index contributed by atoms with van der Waals surface area (Å²) in [6, 6.07) is 11.9. The first kappa shape index (κ1) is 22.1. The fraction of sp³-hybridized carbons (Fsp3) is 0.417. The zero-order valence-electron chi connectivity index (χ0n) is 18.3. The number of nitrogens with zero attached hydrogens (tertiary/aromatic N) is 2. The number of halogens is 1. The molecule has 2 aromatic carbocycles. The van der Waals surface area contributed by atoms with E-state index in [1.807, 2.05) is 24.3 Å². The van der Waals surface area contributed by atoms with Crippen LogP contribution in [0.3, 0.4) is 0 Å². The number of hydrogen-bond donors (Lipinski definition) is 0. The number of esters is 1. The number of carbonyl (C=O) groups is 2. The number of benzene rings is 2. The lowest BCUT2D eigenvalue weighted by atomic mass is 9.85. The normalized spacial score (nSPS) is 21.3. The van der Waals surface area contributed by atoms with Crippen molar-refractivity contribution < 1.29 is 28.2 Å². The zero-order valence-corrected chi connectivity index (χ0v) is 18.3. The van der Waals surface area contributed by atoms with Crippen molar-refractivity contribution in [3.05, 3.63) is 59.4 Å². The zero-order chi connectivity index (χ0) is 22.7. The van der Waals surface area contributed by atoms with Gasteiger partial charge in [-0.05, 0) is 62.3 Å². The lowest BCUT2D eigenvalue weighted by molar-refractivity contribution is 0.0232. The second-order valence-electron chi connectivity index (χ2n) is 8.13. The van der Waals surface area contributed by atoms with Crippen LogP contribution in [0.1, 0.15) is 34.8 Å². The van der Waals surface area contributed by atoms with Gasteiger partial charge in [0.1, 0.15) is 18.2 Å². The molecule has 0 aliphatic carbocycles. The van der Waals surface area contributed by atoms with Crippen molar-refractivity contribution >= 4 is 17.7 Å². The Hall–Kier alpha value is -3.13. The minimum Gasteiger partial charge on any atom is -0.497 e. The number of rotatable bonds is 6. The maximum atomic E-state index is 14.4. The molecule has 32 heavy (non-hydrogen) atoms. The summed E-state index contributed by atoms with van der Waals surface area (Å²) in [5, 5.41) is 0. The van der Waals surface area contributed by atoms with Crippen LogP contribution in [0.5, 0.6) is 5.75 Å². The second kappa shape index (κ2) is 9.56. The van der Waals surface area contributed by atoms with Crippen molar-refractivity contribution in [3.63, 3.8) is 0 Å². The molecule has 8 heteroatoms. The van der Waals surface area contributed by atoms with Gasteiger partial charge in [-0.15, -0.1) is 0 Å². The topological polar surface area (TPSA) is 68.3 Å². The molecule has 4 rings (SSSR count). The molecule has 0 spiro atoms. The van der Waals surface area contributed by atoms with Gasteiger partial charge in [0, 0.05) is 17.6 Å². The van der Waals surface area contributed by atoms with E-state index >= 15 is 0 Å². The Balaban J connectivity index is 1.47. The summed E-state index contributed by atoms with van der Waals surface area (Å²) >= 11 is 0. The van der Waals surface area contributed by atoms with Crippen LogP contribution in [0.4, 0.5) is 14.9 Å². The Morgan fingerprint density at radius 3 is 2.66 bits per heavy atom. The van der Waals surface area contributed by atoms with Crippen molar-refractivity contribution in [2.75, 3.05) is 45.4 Å². The number of methoxy groups -OCH3 is 1. The van der Waals surface area contributed by atoms with Crippen molar-refractivity contribution in [1.29, 1.82) is 0 Å². The third-order valence-corrected chi connectivity index (χ3v) is 6.14. The molecule has 2 aliphatic heterocycles. The van der Waals surface area contributed by atoms with E-state index in [0.29, 0.717) is 12.2 Å². The van der Waals surface area contributed by atoms with Gasteiger partial charge >= 0.3 is 12.1 Å². The SMILES string of the molecule is COc1ccc([C@H]2[C@@H](COC(=O)c3cc(N4CCOC4=O)ccc3F)CCCN2C)cc1. The third kappa shape index (κ3) is 4.55. The summed E-state index contributed by atoms with van der Waals surface area (Å²) < 4.78 is 30.1. The van der Waals surface area contributed by atoms with Crippen LogP contribution in [0.2, 0.25) is 0 Å². The summed E-state index contributed by atoms with van der Waals surface area (Å²) in [6.45, 7) is 1.74. The highest BCUT2D eigenvalue weighted by atomic mass is 19.1. The largest absolute Gasteiger partial charge is 0.497 e. The molecule has 0 radical (unpaired) electrons. The molecular formula is C24H27FN2O5. The Bertz CT molecular complexity index is 981. The van der Waals surface area contributed by atoms with Crippen LogP contribution in [-0.2, 0) is 9.47 Å². The van der Waals surface area contributed by atoms with Crippen LogP contribution < -0.4 is 9.64 Å². The van der Waals surface area contributed by atoms with Crippen molar-refractivity contribution in [3.8, 4) is 5.75 Å². The maximum absolute atomic E-state index is 14.4. The molecule has 2 aliphatic rings. The number of amides is 1. The average Bonchev–Trinajstić information content (AvgIpc) is 3.24. The molecule has 2 aromatic rings. The molecule has 0 N–H and O–H groups in total. The Kier molecular flexibility index (Phi) is 6.60. The van der Waals surface area contributed by atoms with Gasteiger partial charge in [0.2, 0.25) is 0 Å². The molecule has 0 saturated carbocycles. The van der Waals surface area contributed by atoms with E-state index in [1.165, 1.54) is 23.1 Å².